The van der Waals surface area contributed by atoms with Crippen LogP contribution in [-0.2, 0) is 9.53 Å². The minimum Gasteiger partial charge on any atom is -0.383 e. The molecule has 5 rings (SSSR count). The van der Waals surface area contributed by atoms with Crippen LogP contribution in [0, 0.1) is 17.8 Å². The maximum Gasteiger partial charge on any atom is 0.255 e. The number of β-amino-alcohol motifs (C(OH)–C–C–N with tert-alkyl or cyclic N) is 1. The summed E-state index contributed by atoms with van der Waals surface area (Å²) in [4.78, 5) is 14.5. The van der Waals surface area contributed by atoms with Crippen molar-refractivity contribution < 1.29 is 14.6 Å². The molecule has 136 valence electrons. The van der Waals surface area contributed by atoms with Gasteiger partial charge in [-0.25, -0.2) is 0 Å². The third kappa shape index (κ3) is 2.99. The Kier molecular flexibility index (Phi) is 4.38. The number of hydrogen-bond acceptors (Lipinski definition) is 4. The molecular weight excluding hydrogens is 304 g/mol. The van der Waals surface area contributed by atoms with Crippen molar-refractivity contribution in [1.82, 2.24) is 10.2 Å². The average molecular weight is 336 g/mol. The summed E-state index contributed by atoms with van der Waals surface area (Å²) in [6, 6.07) is 0. The molecule has 0 aromatic rings. The highest BCUT2D eigenvalue weighted by Gasteiger charge is 2.52. The number of nitrogens with one attached hydrogen (secondary N) is 1. The third-order valence-corrected chi connectivity index (χ3v) is 7.06. The molecule has 1 atom stereocenters. The molecule has 0 radical (unpaired) electrons. The minimum atomic E-state index is -1.23. The minimum absolute atomic E-state index is 0.108. The fourth-order valence-corrected chi connectivity index (χ4v) is 6.30. The normalized spacial score (nSPS) is 44.3. The lowest BCUT2D eigenvalue weighted by molar-refractivity contribution is -0.158. The Morgan fingerprint density at radius 2 is 1.83 bits per heavy atom. The van der Waals surface area contributed by atoms with Crippen LogP contribution < -0.4 is 5.32 Å². The summed E-state index contributed by atoms with van der Waals surface area (Å²) in [7, 11) is 1.65. The van der Waals surface area contributed by atoms with Gasteiger partial charge in [-0.3, -0.25) is 4.79 Å². The molecule has 0 aromatic heterocycles. The Bertz CT molecular complexity index is 460. The van der Waals surface area contributed by atoms with Crippen LogP contribution in [0.25, 0.3) is 0 Å². The molecule has 4 bridgehead atoms. The van der Waals surface area contributed by atoms with E-state index in [9.17, 15) is 9.90 Å². The second-order valence-electron chi connectivity index (χ2n) is 8.97. The molecule has 1 unspecified atom stereocenters. The predicted octanol–water partition coefficient (Wildman–Crippen LogP) is 1.54. The molecule has 5 heteroatoms. The average Bonchev–Trinajstić information content (AvgIpc) is 2.54. The first kappa shape index (κ1) is 16.8. The van der Waals surface area contributed by atoms with Gasteiger partial charge in [0, 0.05) is 32.3 Å². The quantitative estimate of drug-likeness (QED) is 0.772. The van der Waals surface area contributed by atoms with E-state index in [-0.39, 0.29) is 11.4 Å². The molecule has 4 aliphatic carbocycles. The van der Waals surface area contributed by atoms with Crippen LogP contribution in [0.2, 0.25) is 0 Å². The van der Waals surface area contributed by atoms with Gasteiger partial charge in [-0.1, -0.05) is 0 Å². The van der Waals surface area contributed by atoms with Crippen LogP contribution in [0.15, 0.2) is 0 Å². The van der Waals surface area contributed by atoms with E-state index in [0.717, 1.165) is 30.7 Å². The van der Waals surface area contributed by atoms with Crippen molar-refractivity contribution in [2.45, 2.75) is 62.5 Å². The number of carbonyl (C=O) groups is 1. The first-order chi connectivity index (χ1) is 11.5. The van der Waals surface area contributed by atoms with Gasteiger partial charge in [0.25, 0.3) is 5.91 Å². The number of piperidine rings is 1. The van der Waals surface area contributed by atoms with Gasteiger partial charge in [-0.15, -0.1) is 0 Å². The van der Waals surface area contributed by atoms with Crippen molar-refractivity contribution in [3.8, 4) is 0 Å². The number of hydrogen-bond donors (Lipinski definition) is 2. The maximum absolute atomic E-state index is 12.8. The molecule has 2 N–H and O–H groups in total. The molecule has 5 nitrogen and oxygen atoms in total. The smallest absolute Gasteiger partial charge is 0.255 e. The number of amides is 1. The van der Waals surface area contributed by atoms with E-state index in [4.69, 9.17) is 4.74 Å². The highest BCUT2D eigenvalue weighted by Crippen LogP contribution is 2.55. The van der Waals surface area contributed by atoms with E-state index in [1.54, 1.807) is 12.0 Å². The Morgan fingerprint density at radius 3 is 2.42 bits per heavy atom. The number of aliphatic hydroxyl groups is 1. The van der Waals surface area contributed by atoms with Crippen LogP contribution in [0.1, 0.15) is 51.4 Å². The van der Waals surface area contributed by atoms with Gasteiger partial charge < -0.3 is 20.1 Å². The second-order valence-corrected chi connectivity index (χ2v) is 8.97. The number of carbonyl (C=O) groups excluding carboxylic acids is 1. The molecule has 0 spiro atoms. The van der Waals surface area contributed by atoms with Gasteiger partial charge in [0.2, 0.25) is 0 Å². The Hall–Kier alpha value is -0.650. The number of ether oxygens (including phenoxy) is 1. The summed E-state index contributed by atoms with van der Waals surface area (Å²) < 4.78 is 5.09. The zero-order valence-electron chi connectivity index (χ0n) is 14.9. The van der Waals surface area contributed by atoms with Gasteiger partial charge in [0.1, 0.15) is 0 Å². The summed E-state index contributed by atoms with van der Waals surface area (Å²) in [5.41, 5.74) is -1.03. The number of nitrogens with zero attached hydrogens (tertiary/aromatic N) is 1. The van der Waals surface area contributed by atoms with Crippen LogP contribution in [0.5, 0.6) is 0 Å². The molecule has 1 heterocycles. The van der Waals surface area contributed by atoms with Gasteiger partial charge >= 0.3 is 0 Å². The van der Waals surface area contributed by atoms with E-state index >= 15 is 0 Å². The summed E-state index contributed by atoms with van der Waals surface area (Å²) in [5, 5.41) is 14.7. The summed E-state index contributed by atoms with van der Waals surface area (Å²) in [6.07, 6.45) is 9.42. The second kappa shape index (κ2) is 6.26. The van der Waals surface area contributed by atoms with E-state index in [1.807, 2.05) is 0 Å². The van der Waals surface area contributed by atoms with Crippen molar-refractivity contribution in [2.75, 3.05) is 33.4 Å². The van der Waals surface area contributed by atoms with Gasteiger partial charge in [0.05, 0.1) is 6.61 Å². The van der Waals surface area contributed by atoms with Gasteiger partial charge in [-0.2, -0.15) is 0 Å². The molecular formula is C19H32N2O3. The Balaban J connectivity index is 1.40. The third-order valence-electron chi connectivity index (χ3n) is 7.06. The SMILES string of the molecule is COCCN1CCCC(O)(CNC23CC4CC(CC(C4)C2)C3)C1=O. The fraction of sp³-hybridized carbons (Fsp3) is 0.947. The predicted molar refractivity (Wildman–Crippen MR) is 91.5 cm³/mol. The molecule has 24 heavy (non-hydrogen) atoms. The first-order valence-corrected chi connectivity index (χ1v) is 9.78. The van der Waals surface area contributed by atoms with Crippen molar-refractivity contribution in [2.24, 2.45) is 17.8 Å². The zero-order valence-corrected chi connectivity index (χ0v) is 14.9. The maximum atomic E-state index is 12.8. The molecule has 1 aliphatic heterocycles. The zero-order chi connectivity index (χ0) is 16.8. The molecule has 1 amide bonds. The first-order valence-electron chi connectivity index (χ1n) is 9.78. The van der Waals surface area contributed by atoms with Gasteiger partial charge in [0.15, 0.2) is 5.60 Å². The van der Waals surface area contributed by atoms with Crippen LogP contribution in [-0.4, -0.2) is 60.4 Å². The standard InChI is InChI=1S/C19H32N2O3/c1-24-6-5-21-4-2-3-19(23,17(21)22)13-20-18-10-14-7-15(11-18)9-16(8-14)12-18/h14-16,20,23H,2-13H2,1H3. The number of likely N-dealkylation sites (tertiary alicyclic amines) is 1. The molecule has 4 saturated carbocycles. The van der Waals surface area contributed by atoms with Crippen LogP contribution >= 0.6 is 0 Å². The topological polar surface area (TPSA) is 61.8 Å². The molecule has 1 saturated heterocycles. The fourth-order valence-electron chi connectivity index (χ4n) is 6.30. The summed E-state index contributed by atoms with van der Waals surface area (Å²) >= 11 is 0. The van der Waals surface area contributed by atoms with Crippen molar-refractivity contribution in [3.63, 3.8) is 0 Å². The van der Waals surface area contributed by atoms with Gasteiger partial charge in [-0.05, 0) is 69.1 Å². The molecule has 5 fully saturated rings. The van der Waals surface area contributed by atoms with Crippen molar-refractivity contribution in [1.29, 1.82) is 0 Å². The largest absolute Gasteiger partial charge is 0.383 e. The number of methoxy groups -OCH3 is 1. The summed E-state index contributed by atoms with van der Waals surface area (Å²) in [5.74, 6) is 2.51. The van der Waals surface area contributed by atoms with E-state index in [1.165, 1.54) is 38.5 Å². The molecule has 0 aromatic carbocycles. The van der Waals surface area contributed by atoms with E-state index in [2.05, 4.69) is 5.32 Å². The highest BCUT2D eigenvalue weighted by atomic mass is 16.5. The highest BCUT2D eigenvalue weighted by molar-refractivity contribution is 5.86. The summed E-state index contributed by atoms with van der Waals surface area (Å²) in [6.45, 7) is 2.27. The lowest BCUT2D eigenvalue weighted by atomic mass is 9.53. The van der Waals surface area contributed by atoms with Crippen LogP contribution in [0.3, 0.4) is 0 Å². The monoisotopic (exact) mass is 336 g/mol. The lowest BCUT2D eigenvalue weighted by Gasteiger charge is -2.57. The van der Waals surface area contributed by atoms with Crippen molar-refractivity contribution in [3.05, 3.63) is 0 Å². The number of rotatable bonds is 6. The van der Waals surface area contributed by atoms with E-state index in [0.29, 0.717) is 26.1 Å². The van der Waals surface area contributed by atoms with E-state index < -0.39 is 5.60 Å². The van der Waals surface area contributed by atoms with Crippen LogP contribution in [0.4, 0.5) is 0 Å². The Morgan fingerprint density at radius 1 is 1.21 bits per heavy atom. The molecule has 5 aliphatic rings. The lowest BCUT2D eigenvalue weighted by Crippen LogP contribution is -2.64. The van der Waals surface area contributed by atoms with Crippen molar-refractivity contribution >= 4 is 5.91 Å². The Labute approximate surface area is 145 Å².